The van der Waals surface area contributed by atoms with Gasteiger partial charge in [0.25, 0.3) is 0 Å². The number of hydrogen-bond acceptors (Lipinski definition) is 4. The summed E-state index contributed by atoms with van der Waals surface area (Å²) in [6, 6.07) is 21.9. The Morgan fingerprint density at radius 1 is 0.964 bits per heavy atom. The van der Waals surface area contributed by atoms with E-state index in [4.69, 9.17) is 11.6 Å². The molecule has 5 heteroatoms. The van der Waals surface area contributed by atoms with Gasteiger partial charge in [-0.3, -0.25) is 0 Å². The number of hydrogen-bond donors (Lipinski definition) is 2. The topological polar surface area (TPSA) is 44.6 Å². The fourth-order valence-electron chi connectivity index (χ4n) is 3.30. The van der Waals surface area contributed by atoms with Crippen LogP contribution in [0.3, 0.4) is 0 Å². The van der Waals surface area contributed by atoms with Crippen LogP contribution in [0.2, 0.25) is 5.02 Å². The summed E-state index contributed by atoms with van der Waals surface area (Å²) in [6.45, 7) is 4.13. The Morgan fingerprint density at radius 2 is 1.68 bits per heavy atom. The maximum Gasteiger partial charge on any atom is 0.129 e. The molecule has 0 aliphatic rings. The van der Waals surface area contributed by atoms with Gasteiger partial charge < -0.3 is 10.5 Å². The van der Waals surface area contributed by atoms with Gasteiger partial charge in [-0.05, 0) is 49.1 Å². The van der Waals surface area contributed by atoms with E-state index in [1.54, 1.807) is 11.3 Å². The van der Waals surface area contributed by atoms with Crippen molar-refractivity contribution in [3.05, 3.63) is 92.6 Å². The van der Waals surface area contributed by atoms with Gasteiger partial charge in [0.15, 0.2) is 0 Å². The zero-order valence-corrected chi connectivity index (χ0v) is 17.1. The Labute approximate surface area is 172 Å². The van der Waals surface area contributed by atoms with Crippen LogP contribution >= 0.6 is 22.9 Å². The van der Waals surface area contributed by atoms with Gasteiger partial charge in [-0.15, -0.1) is 11.3 Å². The molecule has 1 aromatic heterocycles. The minimum Gasteiger partial charge on any atom is -0.410 e. The Kier molecular flexibility index (Phi) is 5.07. The molecular formula is C23H19ClN2OS. The van der Waals surface area contributed by atoms with E-state index in [9.17, 15) is 5.21 Å². The average Bonchev–Trinajstić information content (AvgIpc) is 3.03. The quantitative estimate of drug-likeness (QED) is 0.215. The summed E-state index contributed by atoms with van der Waals surface area (Å²) in [6.07, 6.45) is 0. The Morgan fingerprint density at radius 3 is 2.39 bits per heavy atom. The summed E-state index contributed by atoms with van der Waals surface area (Å²) < 4.78 is 0. The van der Waals surface area contributed by atoms with E-state index in [-0.39, 0.29) is 0 Å². The fraction of sp³-hybridized carbons (Fsp3) is 0.0870. The highest BCUT2D eigenvalue weighted by Gasteiger charge is 2.18. The van der Waals surface area contributed by atoms with Crippen molar-refractivity contribution in [2.75, 3.05) is 5.32 Å². The Bertz CT molecular complexity index is 1200. The second-order valence-corrected chi connectivity index (χ2v) is 8.25. The van der Waals surface area contributed by atoms with E-state index in [0.29, 0.717) is 16.3 Å². The number of oxime groups is 1. The minimum absolute atomic E-state index is 0.488. The number of thiophene rings is 1. The van der Waals surface area contributed by atoms with Gasteiger partial charge in [0.2, 0.25) is 0 Å². The van der Waals surface area contributed by atoms with Gasteiger partial charge >= 0.3 is 0 Å². The van der Waals surface area contributed by atoms with Crippen molar-refractivity contribution >= 4 is 50.8 Å². The second kappa shape index (κ2) is 7.66. The highest BCUT2D eigenvalue weighted by atomic mass is 35.5. The third kappa shape index (κ3) is 3.37. The molecule has 0 fully saturated rings. The van der Waals surface area contributed by atoms with Crippen molar-refractivity contribution in [3.8, 4) is 0 Å². The lowest BCUT2D eigenvalue weighted by atomic mass is 10.0. The molecule has 4 aromatic rings. The first kappa shape index (κ1) is 18.5. The minimum atomic E-state index is 0.488. The van der Waals surface area contributed by atoms with E-state index in [2.05, 4.69) is 36.5 Å². The van der Waals surface area contributed by atoms with Gasteiger partial charge in [0.1, 0.15) is 5.71 Å². The SMILES string of the molecule is Cc1ccccc1Nc1ccc(C(=NO)c2sc(C)c3ccccc23)c(Cl)c1. The largest absolute Gasteiger partial charge is 0.410 e. The van der Waals surface area contributed by atoms with Crippen molar-refractivity contribution in [1.29, 1.82) is 0 Å². The molecule has 0 amide bonds. The number of anilines is 2. The van der Waals surface area contributed by atoms with E-state index in [0.717, 1.165) is 32.6 Å². The molecule has 0 spiro atoms. The van der Waals surface area contributed by atoms with Crippen LogP contribution < -0.4 is 5.32 Å². The van der Waals surface area contributed by atoms with Gasteiger partial charge in [-0.25, -0.2) is 0 Å². The third-order valence-electron chi connectivity index (χ3n) is 4.77. The smallest absolute Gasteiger partial charge is 0.129 e. The lowest BCUT2D eigenvalue weighted by Crippen LogP contribution is -2.03. The highest BCUT2D eigenvalue weighted by molar-refractivity contribution is 7.16. The van der Waals surface area contributed by atoms with Crippen molar-refractivity contribution < 1.29 is 5.21 Å². The van der Waals surface area contributed by atoms with Crippen LogP contribution in [0, 0.1) is 13.8 Å². The number of nitrogens with one attached hydrogen (secondary N) is 1. The molecule has 0 aliphatic carbocycles. The number of nitrogens with zero attached hydrogens (tertiary/aromatic N) is 1. The van der Waals surface area contributed by atoms with Crippen molar-refractivity contribution in [3.63, 3.8) is 0 Å². The molecule has 0 aliphatic heterocycles. The fourth-order valence-corrected chi connectivity index (χ4v) is 4.70. The van der Waals surface area contributed by atoms with E-state index < -0.39 is 0 Å². The second-order valence-electron chi connectivity index (χ2n) is 6.62. The third-order valence-corrected chi connectivity index (χ3v) is 6.23. The number of fused-ring (bicyclic) bond motifs is 1. The predicted octanol–water partition coefficient (Wildman–Crippen LogP) is 7.14. The summed E-state index contributed by atoms with van der Waals surface area (Å²) in [5, 5.41) is 19.5. The van der Waals surface area contributed by atoms with Crippen LogP contribution in [0.4, 0.5) is 11.4 Å². The molecule has 4 rings (SSSR count). The molecule has 3 nitrogen and oxygen atoms in total. The first-order valence-electron chi connectivity index (χ1n) is 8.91. The van der Waals surface area contributed by atoms with Crippen LogP contribution in [0.25, 0.3) is 10.8 Å². The van der Waals surface area contributed by atoms with Gasteiger partial charge in [-0.1, -0.05) is 59.2 Å². The number of rotatable bonds is 4. The number of halogens is 1. The number of benzene rings is 3. The monoisotopic (exact) mass is 406 g/mol. The molecule has 0 atom stereocenters. The molecule has 0 saturated carbocycles. The summed E-state index contributed by atoms with van der Waals surface area (Å²) in [7, 11) is 0. The lowest BCUT2D eigenvalue weighted by molar-refractivity contribution is 0.320. The number of aryl methyl sites for hydroxylation is 2. The number of para-hydroxylation sites is 1. The van der Waals surface area contributed by atoms with Gasteiger partial charge in [-0.2, -0.15) is 0 Å². The van der Waals surface area contributed by atoms with E-state index in [1.165, 1.54) is 4.88 Å². The molecule has 0 bridgehead atoms. The molecule has 140 valence electrons. The predicted molar refractivity (Wildman–Crippen MR) is 120 cm³/mol. The molecule has 28 heavy (non-hydrogen) atoms. The highest BCUT2D eigenvalue weighted by Crippen LogP contribution is 2.35. The Hall–Kier alpha value is -2.82. The molecule has 3 aromatic carbocycles. The zero-order chi connectivity index (χ0) is 19.7. The van der Waals surface area contributed by atoms with Crippen LogP contribution in [0.15, 0.2) is 71.9 Å². The summed E-state index contributed by atoms with van der Waals surface area (Å²) in [5.74, 6) is 0. The van der Waals surface area contributed by atoms with Crippen molar-refractivity contribution in [1.82, 2.24) is 0 Å². The van der Waals surface area contributed by atoms with Crippen LogP contribution in [-0.2, 0) is 0 Å². The maximum absolute atomic E-state index is 9.79. The summed E-state index contributed by atoms with van der Waals surface area (Å²) in [4.78, 5) is 2.10. The molecule has 1 heterocycles. The van der Waals surface area contributed by atoms with Gasteiger partial charge in [0, 0.05) is 27.2 Å². The van der Waals surface area contributed by atoms with Crippen molar-refractivity contribution in [2.45, 2.75) is 13.8 Å². The van der Waals surface area contributed by atoms with E-state index >= 15 is 0 Å². The van der Waals surface area contributed by atoms with Crippen LogP contribution in [-0.4, -0.2) is 10.9 Å². The summed E-state index contributed by atoms with van der Waals surface area (Å²) >= 11 is 8.20. The lowest BCUT2D eigenvalue weighted by Gasteiger charge is -2.12. The van der Waals surface area contributed by atoms with Crippen molar-refractivity contribution in [2.24, 2.45) is 5.16 Å². The molecule has 0 radical (unpaired) electrons. The molecule has 0 unspecified atom stereocenters. The molecular weight excluding hydrogens is 388 g/mol. The van der Waals surface area contributed by atoms with Crippen LogP contribution in [0.5, 0.6) is 0 Å². The molecule has 0 saturated heterocycles. The zero-order valence-electron chi connectivity index (χ0n) is 15.5. The first-order chi connectivity index (χ1) is 13.6. The average molecular weight is 407 g/mol. The normalized spacial score (nSPS) is 11.8. The molecule has 2 N–H and O–H groups in total. The first-order valence-corrected chi connectivity index (χ1v) is 10.1. The summed E-state index contributed by atoms with van der Waals surface area (Å²) in [5.41, 5.74) is 4.25. The maximum atomic E-state index is 9.79. The van der Waals surface area contributed by atoms with E-state index in [1.807, 2.05) is 54.6 Å². The Balaban J connectivity index is 1.73. The van der Waals surface area contributed by atoms with Gasteiger partial charge in [0.05, 0.1) is 9.90 Å². The standard InChI is InChI=1S/C23H19ClN2OS/c1-14-7-3-6-10-21(14)25-16-11-12-19(20(24)13-16)22(26-27)23-18-9-5-4-8-17(18)15(2)28-23/h3-13,25,27H,1-2H3. The van der Waals surface area contributed by atoms with Crippen LogP contribution in [0.1, 0.15) is 20.9 Å².